The largest absolute Gasteiger partial charge is 0.350 e. The highest BCUT2D eigenvalue weighted by Gasteiger charge is 2.23. The van der Waals surface area contributed by atoms with Crippen LogP contribution in [0, 0.1) is 10.1 Å². The molecule has 1 unspecified atom stereocenters. The van der Waals surface area contributed by atoms with E-state index in [1.807, 2.05) is 5.38 Å². The van der Waals surface area contributed by atoms with Gasteiger partial charge >= 0.3 is 0 Å². The number of thiophene rings is 1. The van der Waals surface area contributed by atoms with Gasteiger partial charge in [0.1, 0.15) is 5.02 Å². The zero-order valence-electron chi connectivity index (χ0n) is 14.9. The minimum atomic E-state index is -0.579. The van der Waals surface area contributed by atoms with Gasteiger partial charge in [0.15, 0.2) is 0 Å². The highest BCUT2D eigenvalue weighted by molar-refractivity contribution is 7.08. The second-order valence-electron chi connectivity index (χ2n) is 6.66. The first-order valence-electron chi connectivity index (χ1n) is 9.04. The van der Waals surface area contributed by atoms with E-state index < -0.39 is 4.92 Å². The summed E-state index contributed by atoms with van der Waals surface area (Å²) in [6.07, 6.45) is 4.82. The number of carbonyl (C=O) groups excluding carboxylic acids is 1. The maximum Gasteiger partial charge on any atom is 0.288 e. The number of halogens is 1. The molecule has 144 valence electrons. The zero-order valence-corrected chi connectivity index (χ0v) is 16.5. The number of nitrogens with zero attached hydrogens (tertiary/aromatic N) is 2. The Bertz CT molecular complexity index is 790. The average molecular weight is 408 g/mol. The molecule has 6 nitrogen and oxygen atoms in total. The number of likely N-dealkylation sites (tertiary alicyclic amines) is 1. The molecule has 3 rings (SSSR count). The van der Waals surface area contributed by atoms with Crippen molar-refractivity contribution in [2.75, 3.05) is 19.6 Å². The predicted octanol–water partition coefficient (Wildman–Crippen LogP) is 4.66. The predicted molar refractivity (Wildman–Crippen MR) is 108 cm³/mol. The normalized spacial score (nSPS) is 16.5. The van der Waals surface area contributed by atoms with Gasteiger partial charge in [0, 0.05) is 18.2 Å². The van der Waals surface area contributed by atoms with Crippen molar-refractivity contribution in [1.82, 2.24) is 10.2 Å². The first-order valence-corrected chi connectivity index (χ1v) is 10.4. The lowest BCUT2D eigenvalue weighted by molar-refractivity contribution is -0.384. The summed E-state index contributed by atoms with van der Waals surface area (Å²) < 4.78 is 0. The van der Waals surface area contributed by atoms with Gasteiger partial charge in [-0.2, -0.15) is 11.3 Å². The van der Waals surface area contributed by atoms with Crippen LogP contribution in [0.3, 0.4) is 0 Å². The fourth-order valence-corrected chi connectivity index (χ4v) is 4.31. The molecule has 1 aliphatic heterocycles. The molecule has 1 aromatic heterocycles. The van der Waals surface area contributed by atoms with Gasteiger partial charge in [-0.3, -0.25) is 19.8 Å². The highest BCUT2D eigenvalue weighted by Crippen LogP contribution is 2.27. The summed E-state index contributed by atoms with van der Waals surface area (Å²) >= 11 is 7.47. The van der Waals surface area contributed by atoms with E-state index in [2.05, 4.69) is 21.7 Å². The molecule has 1 amide bonds. The van der Waals surface area contributed by atoms with Crippen LogP contribution in [0.1, 0.15) is 47.6 Å². The number of amides is 1. The Kier molecular flexibility index (Phi) is 6.82. The van der Waals surface area contributed by atoms with Gasteiger partial charge in [-0.05, 0) is 60.5 Å². The van der Waals surface area contributed by atoms with Crippen molar-refractivity contribution in [3.63, 3.8) is 0 Å². The first kappa shape index (κ1) is 19.8. The lowest BCUT2D eigenvalue weighted by atomic mass is 10.1. The molecule has 0 aliphatic carbocycles. The van der Waals surface area contributed by atoms with Crippen molar-refractivity contribution < 1.29 is 9.72 Å². The lowest BCUT2D eigenvalue weighted by Gasteiger charge is -2.30. The lowest BCUT2D eigenvalue weighted by Crippen LogP contribution is -2.38. The standard InChI is InChI=1S/C19H22ClN3O3S/c20-16-6-5-14(11-17(16)23(25)26)19(24)21-12-18(15-7-10-27-13-15)22-8-3-1-2-4-9-22/h5-7,10-11,13,18H,1-4,8-9,12H2,(H,21,24). The topological polar surface area (TPSA) is 75.5 Å². The van der Waals surface area contributed by atoms with Crippen molar-refractivity contribution in [3.05, 3.63) is 61.3 Å². The van der Waals surface area contributed by atoms with Gasteiger partial charge in [-0.15, -0.1) is 0 Å². The Morgan fingerprint density at radius 3 is 2.63 bits per heavy atom. The quantitative estimate of drug-likeness (QED) is 0.558. The summed E-state index contributed by atoms with van der Waals surface area (Å²) in [5.74, 6) is -0.329. The zero-order chi connectivity index (χ0) is 19.2. The van der Waals surface area contributed by atoms with Crippen LogP contribution in [0.25, 0.3) is 0 Å². The molecule has 2 heterocycles. The molecule has 27 heavy (non-hydrogen) atoms. The molecule has 0 bridgehead atoms. The van der Waals surface area contributed by atoms with Crippen molar-refractivity contribution in [3.8, 4) is 0 Å². The molecule has 1 aliphatic rings. The third-order valence-corrected chi connectivity index (χ3v) is 5.89. The molecule has 0 saturated carbocycles. The molecule has 0 spiro atoms. The van der Waals surface area contributed by atoms with Crippen molar-refractivity contribution in [1.29, 1.82) is 0 Å². The van der Waals surface area contributed by atoms with E-state index in [0.29, 0.717) is 6.54 Å². The SMILES string of the molecule is O=C(NCC(c1ccsc1)N1CCCCCC1)c1ccc(Cl)c([N+](=O)[O-])c1. The van der Waals surface area contributed by atoms with E-state index in [9.17, 15) is 14.9 Å². The molecule has 1 aromatic carbocycles. The van der Waals surface area contributed by atoms with Gasteiger partial charge in [0.25, 0.3) is 11.6 Å². The van der Waals surface area contributed by atoms with E-state index >= 15 is 0 Å². The van der Waals surface area contributed by atoms with E-state index in [1.165, 1.54) is 36.6 Å². The minimum absolute atomic E-state index is 0.0252. The van der Waals surface area contributed by atoms with Crippen LogP contribution in [0.4, 0.5) is 5.69 Å². The number of hydrogen-bond acceptors (Lipinski definition) is 5. The van der Waals surface area contributed by atoms with Crippen LogP contribution >= 0.6 is 22.9 Å². The smallest absolute Gasteiger partial charge is 0.288 e. The summed E-state index contributed by atoms with van der Waals surface area (Å²) in [4.78, 5) is 25.5. The van der Waals surface area contributed by atoms with E-state index in [-0.39, 0.29) is 28.2 Å². The summed E-state index contributed by atoms with van der Waals surface area (Å²) in [6.45, 7) is 2.50. The fourth-order valence-electron chi connectivity index (χ4n) is 3.41. The van der Waals surface area contributed by atoms with Gasteiger partial charge in [-0.1, -0.05) is 24.4 Å². The summed E-state index contributed by atoms with van der Waals surface area (Å²) in [6, 6.07) is 6.33. The van der Waals surface area contributed by atoms with Crippen LogP contribution in [0.5, 0.6) is 0 Å². The second-order valence-corrected chi connectivity index (χ2v) is 7.84. The average Bonchev–Trinajstić information content (AvgIpc) is 3.05. The van der Waals surface area contributed by atoms with Crippen molar-refractivity contribution in [2.45, 2.75) is 31.7 Å². The van der Waals surface area contributed by atoms with Gasteiger partial charge in [0.2, 0.25) is 0 Å². The van der Waals surface area contributed by atoms with Gasteiger partial charge in [-0.25, -0.2) is 0 Å². The van der Waals surface area contributed by atoms with Crippen LogP contribution in [-0.4, -0.2) is 35.4 Å². The van der Waals surface area contributed by atoms with Crippen LogP contribution in [0.15, 0.2) is 35.0 Å². The number of nitrogens with one attached hydrogen (secondary N) is 1. The third-order valence-electron chi connectivity index (χ3n) is 4.87. The van der Waals surface area contributed by atoms with Gasteiger partial charge < -0.3 is 5.32 Å². The summed E-state index contributed by atoms with van der Waals surface area (Å²) in [5.41, 5.74) is 1.18. The molecule has 1 N–H and O–H groups in total. The molecule has 1 atom stereocenters. The molecule has 0 radical (unpaired) electrons. The molecular formula is C19H22ClN3O3S. The van der Waals surface area contributed by atoms with Crippen molar-refractivity contribution >= 4 is 34.5 Å². The monoisotopic (exact) mass is 407 g/mol. The number of nitro benzene ring substituents is 1. The number of hydrogen-bond donors (Lipinski definition) is 1. The Balaban J connectivity index is 1.72. The van der Waals surface area contributed by atoms with Crippen LogP contribution < -0.4 is 5.32 Å². The number of nitro groups is 1. The van der Waals surface area contributed by atoms with Crippen molar-refractivity contribution in [2.24, 2.45) is 0 Å². The number of carbonyl (C=O) groups is 1. The molecule has 1 saturated heterocycles. The summed E-state index contributed by atoms with van der Waals surface area (Å²) in [5, 5.41) is 18.2. The van der Waals surface area contributed by atoms with E-state index in [1.54, 1.807) is 11.3 Å². The Labute approximate surface area is 167 Å². The number of rotatable bonds is 6. The minimum Gasteiger partial charge on any atom is -0.350 e. The first-order chi connectivity index (χ1) is 13.1. The Hall–Kier alpha value is -1.96. The molecule has 8 heteroatoms. The second kappa shape index (κ2) is 9.30. The summed E-state index contributed by atoms with van der Waals surface area (Å²) in [7, 11) is 0. The Morgan fingerprint density at radius 1 is 1.26 bits per heavy atom. The van der Waals surface area contributed by atoms with E-state index in [0.717, 1.165) is 25.9 Å². The fraction of sp³-hybridized carbons (Fsp3) is 0.421. The molecule has 2 aromatic rings. The number of benzene rings is 1. The van der Waals surface area contributed by atoms with Crippen LogP contribution in [0.2, 0.25) is 5.02 Å². The maximum atomic E-state index is 12.6. The van der Waals surface area contributed by atoms with Gasteiger partial charge in [0.05, 0.1) is 11.0 Å². The maximum absolute atomic E-state index is 12.6. The molecular weight excluding hydrogens is 386 g/mol. The van der Waals surface area contributed by atoms with E-state index in [4.69, 9.17) is 11.6 Å². The highest BCUT2D eigenvalue weighted by atomic mass is 35.5. The Morgan fingerprint density at radius 2 is 2.00 bits per heavy atom. The van der Waals surface area contributed by atoms with Crippen LogP contribution in [-0.2, 0) is 0 Å². The molecule has 1 fully saturated rings. The third kappa shape index (κ3) is 5.06.